The number of nitrogens with zero attached hydrogens (tertiary/aromatic N) is 3. The zero-order valence-corrected chi connectivity index (χ0v) is 18.1. The smallest absolute Gasteiger partial charge is 0.326 e. The van der Waals surface area contributed by atoms with Crippen molar-refractivity contribution >= 4 is 21.8 Å². The normalized spacial score (nSPS) is 18.3. The molecule has 2 heterocycles. The predicted molar refractivity (Wildman–Crippen MR) is 118 cm³/mol. The van der Waals surface area contributed by atoms with Gasteiger partial charge >= 0.3 is 10.2 Å². The number of carbonyl (C=O) groups excluding carboxylic acids is 1. The molecule has 1 amide bonds. The summed E-state index contributed by atoms with van der Waals surface area (Å²) in [5.41, 5.74) is 2.79. The minimum Gasteiger partial charge on any atom is -0.486 e. The SMILES string of the molecule is N#Cc1ccc(Oc2cccc3c2CC[C@H]3Oc2ccc(N3CC(=O)NS3(=O)=O)cc2)cn1. The van der Waals surface area contributed by atoms with E-state index in [0.29, 0.717) is 22.9 Å². The lowest BCUT2D eigenvalue weighted by Gasteiger charge is -2.18. The third-order valence-electron chi connectivity index (χ3n) is 5.47. The van der Waals surface area contributed by atoms with Crippen LogP contribution in [-0.4, -0.2) is 25.9 Å². The summed E-state index contributed by atoms with van der Waals surface area (Å²) in [6.45, 7) is -0.240. The summed E-state index contributed by atoms with van der Waals surface area (Å²) in [6.07, 6.45) is 2.89. The van der Waals surface area contributed by atoms with E-state index in [4.69, 9.17) is 14.7 Å². The van der Waals surface area contributed by atoms with Crippen molar-refractivity contribution in [3.8, 4) is 23.3 Å². The number of amides is 1. The van der Waals surface area contributed by atoms with Crippen LogP contribution in [0.2, 0.25) is 0 Å². The third kappa shape index (κ3) is 4.06. The fourth-order valence-corrected chi connectivity index (χ4v) is 5.12. The van der Waals surface area contributed by atoms with E-state index in [1.807, 2.05) is 29.0 Å². The van der Waals surface area contributed by atoms with Crippen molar-refractivity contribution in [2.75, 3.05) is 10.8 Å². The molecular weight excluding hydrogens is 444 g/mol. The van der Waals surface area contributed by atoms with Crippen molar-refractivity contribution in [3.05, 3.63) is 77.6 Å². The van der Waals surface area contributed by atoms with Gasteiger partial charge in [-0.1, -0.05) is 12.1 Å². The van der Waals surface area contributed by atoms with Gasteiger partial charge in [0.2, 0.25) is 0 Å². The van der Waals surface area contributed by atoms with Crippen molar-refractivity contribution < 1.29 is 22.7 Å². The van der Waals surface area contributed by atoms with Crippen LogP contribution in [0.4, 0.5) is 5.69 Å². The molecule has 2 aliphatic rings. The van der Waals surface area contributed by atoms with E-state index in [0.717, 1.165) is 34.0 Å². The van der Waals surface area contributed by atoms with Gasteiger partial charge in [-0.2, -0.15) is 13.7 Å². The quantitative estimate of drug-likeness (QED) is 0.619. The maximum absolute atomic E-state index is 12.0. The highest BCUT2D eigenvalue weighted by atomic mass is 32.2. The molecular formula is C23H18N4O5S. The average molecular weight is 462 g/mol. The molecule has 0 spiro atoms. The summed E-state index contributed by atoms with van der Waals surface area (Å²) >= 11 is 0. The maximum Gasteiger partial charge on any atom is 0.326 e. The first-order valence-corrected chi connectivity index (χ1v) is 11.6. The van der Waals surface area contributed by atoms with E-state index < -0.39 is 16.1 Å². The number of pyridine rings is 1. The van der Waals surface area contributed by atoms with Gasteiger partial charge in [0.1, 0.15) is 41.7 Å². The van der Waals surface area contributed by atoms with E-state index >= 15 is 0 Å². The summed E-state index contributed by atoms with van der Waals surface area (Å²) in [7, 11) is -3.84. The minimum absolute atomic E-state index is 0.174. The number of nitriles is 1. The Bertz CT molecular complexity index is 1370. The number of fused-ring (bicyclic) bond motifs is 1. The largest absolute Gasteiger partial charge is 0.486 e. The second-order valence-electron chi connectivity index (χ2n) is 7.59. The van der Waals surface area contributed by atoms with Gasteiger partial charge in [-0.3, -0.25) is 4.79 Å². The highest BCUT2D eigenvalue weighted by Crippen LogP contribution is 2.41. The molecule has 1 aliphatic carbocycles. The molecule has 5 rings (SSSR count). The Kier molecular flexibility index (Phi) is 5.11. The lowest BCUT2D eigenvalue weighted by molar-refractivity contribution is -0.117. The van der Waals surface area contributed by atoms with Crippen LogP contribution < -0.4 is 18.5 Å². The van der Waals surface area contributed by atoms with Gasteiger partial charge in [-0.05, 0) is 60.9 Å². The van der Waals surface area contributed by atoms with Crippen LogP contribution in [0.5, 0.6) is 17.2 Å². The number of hydrogen-bond donors (Lipinski definition) is 1. The Hall–Kier alpha value is -4.10. The Labute approximate surface area is 190 Å². The number of hydrogen-bond acceptors (Lipinski definition) is 7. The van der Waals surface area contributed by atoms with Crippen molar-refractivity contribution in [2.45, 2.75) is 18.9 Å². The topological polar surface area (TPSA) is 122 Å². The molecule has 1 N–H and O–H groups in total. The first-order valence-electron chi connectivity index (χ1n) is 10.2. The molecule has 166 valence electrons. The predicted octanol–water partition coefficient (Wildman–Crippen LogP) is 2.99. The first kappa shape index (κ1) is 20.8. The van der Waals surface area contributed by atoms with Crippen molar-refractivity contribution in [2.24, 2.45) is 0 Å². The van der Waals surface area contributed by atoms with E-state index in [-0.39, 0.29) is 12.6 Å². The molecule has 1 aliphatic heterocycles. The number of benzene rings is 2. The second kappa shape index (κ2) is 8.11. The Morgan fingerprint density at radius 1 is 1.09 bits per heavy atom. The van der Waals surface area contributed by atoms with Crippen LogP contribution in [0.15, 0.2) is 60.8 Å². The molecule has 0 bridgehead atoms. The van der Waals surface area contributed by atoms with E-state index in [9.17, 15) is 13.2 Å². The van der Waals surface area contributed by atoms with E-state index in [1.165, 1.54) is 6.20 Å². The Balaban J connectivity index is 1.31. The molecule has 1 aromatic heterocycles. The molecule has 1 saturated heterocycles. The van der Waals surface area contributed by atoms with Crippen LogP contribution in [0.25, 0.3) is 0 Å². The van der Waals surface area contributed by atoms with Crippen molar-refractivity contribution in [1.82, 2.24) is 9.71 Å². The van der Waals surface area contributed by atoms with Crippen LogP contribution in [0.1, 0.15) is 29.3 Å². The van der Waals surface area contributed by atoms with Gasteiger partial charge < -0.3 is 9.47 Å². The van der Waals surface area contributed by atoms with Gasteiger partial charge in [0, 0.05) is 5.56 Å². The molecule has 33 heavy (non-hydrogen) atoms. The van der Waals surface area contributed by atoms with E-state index in [2.05, 4.69) is 4.98 Å². The fraction of sp³-hybridized carbons (Fsp3) is 0.174. The zero-order valence-electron chi connectivity index (χ0n) is 17.3. The number of nitrogens with one attached hydrogen (secondary N) is 1. The van der Waals surface area contributed by atoms with Crippen LogP contribution in [-0.2, 0) is 21.4 Å². The molecule has 10 heteroatoms. The molecule has 0 radical (unpaired) electrons. The van der Waals surface area contributed by atoms with Crippen molar-refractivity contribution in [3.63, 3.8) is 0 Å². The minimum atomic E-state index is -3.84. The van der Waals surface area contributed by atoms with Gasteiger partial charge in [0.15, 0.2) is 0 Å². The lowest BCUT2D eigenvalue weighted by Crippen LogP contribution is -2.29. The van der Waals surface area contributed by atoms with Gasteiger partial charge in [-0.15, -0.1) is 0 Å². The second-order valence-corrected chi connectivity index (χ2v) is 9.19. The van der Waals surface area contributed by atoms with Crippen LogP contribution in [0, 0.1) is 11.3 Å². The Morgan fingerprint density at radius 2 is 1.88 bits per heavy atom. The fourth-order valence-electron chi connectivity index (χ4n) is 3.97. The highest BCUT2D eigenvalue weighted by Gasteiger charge is 2.34. The number of anilines is 1. The summed E-state index contributed by atoms with van der Waals surface area (Å²) in [4.78, 5) is 15.5. The molecule has 1 atom stereocenters. The summed E-state index contributed by atoms with van der Waals surface area (Å²) in [6, 6.07) is 17.7. The van der Waals surface area contributed by atoms with Crippen molar-refractivity contribution in [1.29, 1.82) is 5.26 Å². The zero-order chi connectivity index (χ0) is 23.0. The molecule has 1 fully saturated rings. The molecule has 0 saturated carbocycles. The summed E-state index contributed by atoms with van der Waals surface area (Å²) in [5.74, 6) is 1.30. The molecule has 3 aromatic rings. The van der Waals surface area contributed by atoms with Crippen LogP contribution in [0.3, 0.4) is 0 Å². The molecule has 2 aromatic carbocycles. The van der Waals surface area contributed by atoms with E-state index in [1.54, 1.807) is 36.4 Å². The number of aromatic nitrogens is 1. The lowest BCUT2D eigenvalue weighted by atomic mass is 10.1. The number of ether oxygens (including phenoxy) is 2. The summed E-state index contributed by atoms with van der Waals surface area (Å²) < 4.78 is 39.1. The van der Waals surface area contributed by atoms with Gasteiger partial charge in [-0.25, -0.2) is 14.0 Å². The third-order valence-corrected chi connectivity index (χ3v) is 6.88. The average Bonchev–Trinajstić information content (AvgIpc) is 3.34. The number of carbonyl (C=O) groups is 1. The standard InChI is InChI=1S/C23H18N4O5S/c24-12-15-4-7-18(13-25-15)32-21-3-1-2-19-20(21)10-11-22(19)31-17-8-5-16(6-9-17)27-14-23(28)26-33(27,29)30/h1-9,13,22H,10-11,14H2,(H,26,28)/t22-/m1/s1. The highest BCUT2D eigenvalue weighted by molar-refractivity contribution is 7.92. The monoisotopic (exact) mass is 462 g/mol. The molecule has 0 unspecified atom stereocenters. The first-order chi connectivity index (χ1) is 15.9. The number of rotatable bonds is 5. The van der Waals surface area contributed by atoms with Gasteiger partial charge in [0.25, 0.3) is 5.91 Å². The van der Waals surface area contributed by atoms with Gasteiger partial charge in [0.05, 0.1) is 11.9 Å². The molecule has 9 nitrogen and oxygen atoms in total. The summed E-state index contributed by atoms with van der Waals surface area (Å²) in [5, 5.41) is 8.89. The maximum atomic E-state index is 12.0. The Morgan fingerprint density at radius 3 is 2.55 bits per heavy atom. The van der Waals surface area contributed by atoms with Crippen LogP contribution >= 0.6 is 0 Å².